The molecule has 2 atom stereocenters. The predicted molar refractivity (Wildman–Crippen MR) is 101 cm³/mol. The lowest BCUT2D eigenvalue weighted by atomic mass is 10.2. The first-order chi connectivity index (χ1) is 10.4. The van der Waals surface area contributed by atoms with E-state index in [-0.39, 0.29) is 30.6 Å². The normalized spacial score (nSPS) is 21.9. The summed E-state index contributed by atoms with van der Waals surface area (Å²) >= 11 is 1.90. The molecule has 1 fully saturated rings. The number of thioether (sulfide) groups is 1. The van der Waals surface area contributed by atoms with E-state index in [1.54, 1.807) is 0 Å². The first-order valence-corrected chi connectivity index (χ1v) is 8.95. The number of ether oxygens (including phenoxy) is 1. The van der Waals surface area contributed by atoms with Crippen LogP contribution in [0.15, 0.2) is 4.99 Å². The second kappa shape index (κ2) is 12.5. The number of nitrogens with zero attached hydrogens (tertiary/aromatic N) is 1. The first-order valence-electron chi connectivity index (χ1n) is 7.66. The monoisotopic (exact) mass is 469 g/mol. The number of nitrogens with one attached hydrogen (secondary N) is 2. The van der Waals surface area contributed by atoms with Gasteiger partial charge in [-0.15, -0.1) is 24.0 Å². The zero-order valence-corrected chi connectivity index (χ0v) is 16.8. The SMILES string of the molecule is CCNC(=NCCCOCC(F)(F)F)NC1CCC(SC)C1.I. The highest BCUT2D eigenvalue weighted by atomic mass is 127. The third-order valence-corrected chi connectivity index (χ3v) is 4.48. The van der Waals surface area contributed by atoms with E-state index in [1.807, 2.05) is 18.7 Å². The minimum Gasteiger partial charge on any atom is -0.372 e. The number of alkyl halides is 3. The molecule has 1 aliphatic carbocycles. The molecule has 4 nitrogen and oxygen atoms in total. The molecule has 1 saturated carbocycles. The Bertz CT molecular complexity index is 346. The quantitative estimate of drug-likeness (QED) is 0.248. The van der Waals surface area contributed by atoms with Crippen molar-refractivity contribution in [2.24, 2.45) is 4.99 Å². The molecule has 0 aromatic heterocycles. The highest BCUT2D eigenvalue weighted by molar-refractivity contribution is 14.0. The Morgan fingerprint density at radius 2 is 2.09 bits per heavy atom. The molecule has 9 heteroatoms. The number of aliphatic imine (C=N–C) groups is 1. The summed E-state index contributed by atoms with van der Waals surface area (Å²) in [7, 11) is 0. The van der Waals surface area contributed by atoms with Gasteiger partial charge in [0.15, 0.2) is 5.96 Å². The molecule has 1 rings (SSSR count). The van der Waals surface area contributed by atoms with Gasteiger partial charge in [-0.1, -0.05) is 0 Å². The number of halogens is 4. The lowest BCUT2D eigenvalue weighted by Crippen LogP contribution is -2.42. The van der Waals surface area contributed by atoms with Crippen molar-refractivity contribution in [3.05, 3.63) is 0 Å². The molecule has 2 N–H and O–H groups in total. The smallest absolute Gasteiger partial charge is 0.372 e. The second-order valence-corrected chi connectivity index (χ2v) is 6.43. The van der Waals surface area contributed by atoms with Gasteiger partial charge in [-0.2, -0.15) is 24.9 Å². The van der Waals surface area contributed by atoms with Crippen molar-refractivity contribution in [3.8, 4) is 0 Å². The molecule has 0 aromatic carbocycles. The molecule has 2 unspecified atom stereocenters. The van der Waals surface area contributed by atoms with Gasteiger partial charge >= 0.3 is 6.18 Å². The van der Waals surface area contributed by atoms with Gasteiger partial charge in [0.05, 0.1) is 0 Å². The van der Waals surface area contributed by atoms with Crippen LogP contribution in [0.25, 0.3) is 0 Å². The van der Waals surface area contributed by atoms with Crippen LogP contribution in [0.5, 0.6) is 0 Å². The van der Waals surface area contributed by atoms with E-state index in [9.17, 15) is 13.2 Å². The van der Waals surface area contributed by atoms with Crippen LogP contribution < -0.4 is 10.6 Å². The summed E-state index contributed by atoms with van der Waals surface area (Å²) in [6.07, 6.45) is 1.82. The van der Waals surface area contributed by atoms with Crippen molar-refractivity contribution in [2.45, 2.75) is 50.1 Å². The molecule has 0 bridgehead atoms. The molecule has 23 heavy (non-hydrogen) atoms. The zero-order chi connectivity index (χ0) is 16.4. The third kappa shape index (κ3) is 11.3. The fourth-order valence-corrected chi connectivity index (χ4v) is 3.14. The maximum absolute atomic E-state index is 11.9. The summed E-state index contributed by atoms with van der Waals surface area (Å²) in [5.41, 5.74) is 0. The molecule has 0 heterocycles. The van der Waals surface area contributed by atoms with E-state index >= 15 is 0 Å². The minimum atomic E-state index is -4.25. The van der Waals surface area contributed by atoms with Gasteiger partial charge < -0.3 is 15.4 Å². The molecular formula is C14H27F3IN3OS. The molecule has 138 valence electrons. The summed E-state index contributed by atoms with van der Waals surface area (Å²) < 4.78 is 40.3. The van der Waals surface area contributed by atoms with E-state index in [2.05, 4.69) is 26.6 Å². The van der Waals surface area contributed by atoms with Crippen molar-refractivity contribution in [2.75, 3.05) is 32.6 Å². The predicted octanol–water partition coefficient (Wildman–Crippen LogP) is 3.41. The molecule has 0 aliphatic heterocycles. The zero-order valence-electron chi connectivity index (χ0n) is 13.6. The van der Waals surface area contributed by atoms with Crippen LogP contribution in [0.1, 0.15) is 32.6 Å². The van der Waals surface area contributed by atoms with Crippen molar-refractivity contribution in [3.63, 3.8) is 0 Å². The van der Waals surface area contributed by atoms with Gasteiger partial charge in [0.1, 0.15) is 6.61 Å². The average Bonchev–Trinajstić information content (AvgIpc) is 2.89. The molecular weight excluding hydrogens is 442 g/mol. The Hall–Kier alpha value is 0.1000. The van der Waals surface area contributed by atoms with E-state index in [4.69, 9.17) is 0 Å². The first kappa shape index (κ1) is 23.1. The summed E-state index contributed by atoms with van der Waals surface area (Å²) in [5, 5.41) is 7.27. The van der Waals surface area contributed by atoms with E-state index in [0.717, 1.165) is 25.3 Å². The Balaban J connectivity index is 0.00000484. The average molecular weight is 469 g/mol. The fourth-order valence-electron chi connectivity index (χ4n) is 2.34. The van der Waals surface area contributed by atoms with Crippen LogP contribution in [0, 0.1) is 0 Å². The molecule has 0 amide bonds. The highest BCUT2D eigenvalue weighted by Crippen LogP contribution is 2.27. The largest absolute Gasteiger partial charge is 0.411 e. The Kier molecular flexibility index (Phi) is 12.5. The maximum atomic E-state index is 11.9. The third-order valence-electron chi connectivity index (χ3n) is 3.39. The van der Waals surface area contributed by atoms with Crippen LogP contribution in [0.3, 0.4) is 0 Å². The van der Waals surface area contributed by atoms with Gasteiger partial charge in [-0.05, 0) is 38.9 Å². The second-order valence-electron chi connectivity index (χ2n) is 5.29. The molecule has 0 saturated heterocycles. The molecule has 1 aliphatic rings. The summed E-state index contributed by atoms with van der Waals surface area (Å²) in [6, 6.07) is 0.428. The van der Waals surface area contributed by atoms with Crippen molar-refractivity contribution >= 4 is 41.7 Å². The van der Waals surface area contributed by atoms with E-state index in [1.165, 1.54) is 6.42 Å². The van der Waals surface area contributed by atoms with Gasteiger partial charge in [-0.25, -0.2) is 0 Å². The van der Waals surface area contributed by atoms with Gasteiger partial charge in [0.25, 0.3) is 0 Å². The van der Waals surface area contributed by atoms with Crippen LogP contribution in [0.4, 0.5) is 13.2 Å². The maximum Gasteiger partial charge on any atom is 0.411 e. The van der Waals surface area contributed by atoms with Crippen LogP contribution in [-0.4, -0.2) is 56.0 Å². The van der Waals surface area contributed by atoms with Crippen LogP contribution in [-0.2, 0) is 4.74 Å². The van der Waals surface area contributed by atoms with Crippen LogP contribution in [0.2, 0.25) is 0 Å². The Morgan fingerprint density at radius 1 is 1.35 bits per heavy atom. The van der Waals surface area contributed by atoms with Gasteiger partial charge in [-0.3, -0.25) is 4.99 Å². The Labute approximate surface area is 157 Å². The lowest BCUT2D eigenvalue weighted by Gasteiger charge is -2.17. The van der Waals surface area contributed by atoms with Gasteiger partial charge in [0.2, 0.25) is 0 Å². The summed E-state index contributed by atoms with van der Waals surface area (Å²) in [4.78, 5) is 4.39. The van der Waals surface area contributed by atoms with Crippen molar-refractivity contribution in [1.29, 1.82) is 0 Å². The molecule has 0 radical (unpaired) electrons. The molecule has 0 spiro atoms. The number of guanidine groups is 1. The number of hydrogen-bond donors (Lipinski definition) is 2. The molecule has 0 aromatic rings. The van der Waals surface area contributed by atoms with E-state index < -0.39 is 12.8 Å². The van der Waals surface area contributed by atoms with Crippen molar-refractivity contribution in [1.82, 2.24) is 10.6 Å². The topological polar surface area (TPSA) is 45.7 Å². The minimum absolute atomic E-state index is 0. The number of hydrogen-bond acceptors (Lipinski definition) is 3. The Morgan fingerprint density at radius 3 is 2.65 bits per heavy atom. The van der Waals surface area contributed by atoms with Gasteiger partial charge in [0, 0.05) is 31.0 Å². The van der Waals surface area contributed by atoms with Crippen LogP contribution >= 0.6 is 35.7 Å². The van der Waals surface area contributed by atoms with E-state index in [0.29, 0.717) is 24.3 Å². The highest BCUT2D eigenvalue weighted by Gasteiger charge is 2.27. The summed E-state index contributed by atoms with van der Waals surface area (Å²) in [6.45, 7) is 2.08. The fraction of sp³-hybridized carbons (Fsp3) is 0.929. The lowest BCUT2D eigenvalue weighted by molar-refractivity contribution is -0.173. The summed E-state index contributed by atoms with van der Waals surface area (Å²) in [5.74, 6) is 0.741. The number of rotatable bonds is 8. The van der Waals surface area contributed by atoms with Crippen molar-refractivity contribution < 1.29 is 17.9 Å². The standard InChI is InChI=1S/C14H26F3N3OS.HI/c1-3-18-13(20-11-5-6-12(9-11)22-2)19-7-4-8-21-10-14(15,16)17;/h11-12H,3-10H2,1-2H3,(H2,18,19,20);1H.